The second-order valence-electron chi connectivity index (χ2n) is 7.78. The first-order valence-electron chi connectivity index (χ1n) is 8.71. The summed E-state index contributed by atoms with van der Waals surface area (Å²) in [6.07, 6.45) is 1.28. The molecule has 0 saturated heterocycles. The number of benzene rings is 2. The van der Waals surface area contributed by atoms with Crippen molar-refractivity contribution < 1.29 is 9.90 Å². The van der Waals surface area contributed by atoms with E-state index in [0.717, 1.165) is 28.0 Å². The minimum absolute atomic E-state index is 0.0912. The highest BCUT2D eigenvalue weighted by atomic mass is 79.9. The molecular weight excluding hydrogens is 392 g/mol. The third kappa shape index (κ3) is 3.01. The quantitative estimate of drug-likeness (QED) is 0.588. The predicted octanol–water partition coefficient (Wildman–Crippen LogP) is 5.38. The molecule has 1 heterocycles. The number of carbonyl (C=O) groups excluding carboxylic acids is 1. The number of para-hydroxylation sites is 2. The van der Waals surface area contributed by atoms with Gasteiger partial charge < -0.3 is 15.7 Å². The van der Waals surface area contributed by atoms with E-state index in [1.807, 2.05) is 30.3 Å². The molecule has 4 rings (SSSR count). The van der Waals surface area contributed by atoms with Crippen molar-refractivity contribution in [2.45, 2.75) is 32.7 Å². The number of anilines is 2. The first kappa shape index (κ1) is 17.2. The topological polar surface area (TPSA) is 61.4 Å². The smallest absolute Gasteiger partial charge is 0.163 e. The van der Waals surface area contributed by atoms with Gasteiger partial charge in [-0.3, -0.25) is 4.79 Å². The highest BCUT2D eigenvalue weighted by Crippen LogP contribution is 2.46. The molecule has 1 unspecified atom stereocenters. The van der Waals surface area contributed by atoms with Gasteiger partial charge in [0.2, 0.25) is 0 Å². The summed E-state index contributed by atoms with van der Waals surface area (Å²) < 4.78 is 0.864. The minimum atomic E-state index is -0.401. The average Bonchev–Trinajstić information content (AvgIpc) is 2.72. The number of allylic oxidation sites excluding steroid dienone is 1. The van der Waals surface area contributed by atoms with Gasteiger partial charge in [-0.2, -0.15) is 0 Å². The first-order valence-corrected chi connectivity index (χ1v) is 9.51. The Morgan fingerprint density at radius 3 is 2.62 bits per heavy atom. The third-order valence-electron chi connectivity index (χ3n) is 5.02. The lowest BCUT2D eigenvalue weighted by molar-refractivity contribution is -0.118. The average molecular weight is 413 g/mol. The fraction of sp³-hybridized carbons (Fsp3) is 0.286. The van der Waals surface area contributed by atoms with Crippen LogP contribution in [0.1, 0.15) is 38.3 Å². The lowest BCUT2D eigenvalue weighted by atomic mass is 9.73. The zero-order valence-electron chi connectivity index (χ0n) is 14.8. The molecule has 3 N–H and O–H groups in total. The van der Waals surface area contributed by atoms with Gasteiger partial charge in [0.05, 0.1) is 17.4 Å². The van der Waals surface area contributed by atoms with Gasteiger partial charge in [0.25, 0.3) is 0 Å². The molecule has 0 aromatic heterocycles. The highest BCUT2D eigenvalue weighted by molar-refractivity contribution is 9.10. The Balaban J connectivity index is 1.93. The maximum absolute atomic E-state index is 13.1. The summed E-state index contributed by atoms with van der Waals surface area (Å²) in [5.74, 6) is 0.294. The SMILES string of the molecule is CC1(C)CC(=O)C2=C(C1)Nc1ccccc1NC2c1cc(Br)ccc1O. The van der Waals surface area contributed by atoms with Crippen molar-refractivity contribution in [1.29, 1.82) is 0 Å². The number of Topliss-reactive ketones (excluding diaryl/α,β-unsaturated/α-hetero) is 1. The van der Waals surface area contributed by atoms with E-state index < -0.39 is 6.04 Å². The van der Waals surface area contributed by atoms with Gasteiger partial charge in [0, 0.05) is 27.7 Å². The highest BCUT2D eigenvalue weighted by Gasteiger charge is 2.39. The standard InChI is InChI=1S/C21H21BrN2O2/c1-21(2)10-16-19(18(26)11-21)20(13-9-12(22)7-8-17(13)25)24-15-6-4-3-5-14(15)23-16/h3-9,20,23-25H,10-11H2,1-2H3. The van der Waals surface area contributed by atoms with Gasteiger partial charge in [0.15, 0.2) is 5.78 Å². The molecule has 1 aliphatic carbocycles. The van der Waals surface area contributed by atoms with Gasteiger partial charge >= 0.3 is 0 Å². The van der Waals surface area contributed by atoms with Crippen molar-refractivity contribution in [1.82, 2.24) is 0 Å². The summed E-state index contributed by atoms with van der Waals surface area (Å²) in [4.78, 5) is 13.1. The fourth-order valence-electron chi connectivity index (χ4n) is 3.88. The monoisotopic (exact) mass is 412 g/mol. The zero-order valence-corrected chi connectivity index (χ0v) is 16.4. The molecule has 2 aliphatic rings. The number of phenols is 1. The van der Waals surface area contributed by atoms with E-state index in [0.29, 0.717) is 17.6 Å². The van der Waals surface area contributed by atoms with E-state index >= 15 is 0 Å². The van der Waals surface area contributed by atoms with Crippen LogP contribution in [0.15, 0.2) is 58.2 Å². The molecule has 4 nitrogen and oxygen atoms in total. The second kappa shape index (κ2) is 6.16. The van der Waals surface area contributed by atoms with Crippen LogP contribution in [0.2, 0.25) is 0 Å². The molecule has 1 aliphatic heterocycles. The van der Waals surface area contributed by atoms with Crippen LogP contribution in [0.5, 0.6) is 5.75 Å². The van der Waals surface area contributed by atoms with Crippen molar-refractivity contribution in [2.75, 3.05) is 10.6 Å². The van der Waals surface area contributed by atoms with Crippen LogP contribution in [0.3, 0.4) is 0 Å². The Kier molecular flexibility index (Phi) is 4.07. The molecule has 0 spiro atoms. The molecule has 2 aromatic carbocycles. The Labute approximate surface area is 161 Å². The molecular formula is C21H21BrN2O2. The number of hydrogen-bond donors (Lipinski definition) is 3. The van der Waals surface area contributed by atoms with Crippen molar-refractivity contribution in [3.05, 3.63) is 63.8 Å². The van der Waals surface area contributed by atoms with E-state index in [1.54, 1.807) is 12.1 Å². The molecule has 26 heavy (non-hydrogen) atoms. The number of nitrogens with one attached hydrogen (secondary N) is 2. The van der Waals surface area contributed by atoms with Gasteiger partial charge in [-0.1, -0.05) is 41.9 Å². The van der Waals surface area contributed by atoms with Crippen LogP contribution in [-0.2, 0) is 4.79 Å². The van der Waals surface area contributed by atoms with Crippen LogP contribution in [0, 0.1) is 5.41 Å². The molecule has 0 amide bonds. The van der Waals surface area contributed by atoms with Crippen LogP contribution in [0.4, 0.5) is 11.4 Å². The summed E-state index contributed by atoms with van der Waals surface area (Å²) in [7, 11) is 0. The van der Waals surface area contributed by atoms with E-state index in [4.69, 9.17) is 0 Å². The normalized spacial score (nSPS) is 21.2. The Morgan fingerprint density at radius 1 is 1.12 bits per heavy atom. The van der Waals surface area contributed by atoms with Gasteiger partial charge in [0.1, 0.15) is 5.75 Å². The number of aromatic hydroxyl groups is 1. The number of carbonyl (C=O) groups is 1. The van der Waals surface area contributed by atoms with Crippen LogP contribution in [-0.4, -0.2) is 10.9 Å². The molecule has 5 heteroatoms. The van der Waals surface area contributed by atoms with Gasteiger partial charge in [-0.25, -0.2) is 0 Å². The van der Waals surface area contributed by atoms with E-state index in [1.165, 1.54) is 0 Å². The van der Waals surface area contributed by atoms with Crippen LogP contribution < -0.4 is 10.6 Å². The number of ketones is 1. The number of hydrogen-bond acceptors (Lipinski definition) is 4. The summed E-state index contributed by atoms with van der Waals surface area (Å²) in [6.45, 7) is 4.23. The molecule has 0 saturated carbocycles. The maximum atomic E-state index is 13.1. The first-order chi connectivity index (χ1) is 12.3. The van der Waals surface area contributed by atoms with Gasteiger partial charge in [-0.15, -0.1) is 0 Å². The molecule has 0 radical (unpaired) electrons. The summed E-state index contributed by atoms with van der Waals surface area (Å²) in [5, 5.41) is 17.5. The van der Waals surface area contributed by atoms with Crippen molar-refractivity contribution >= 4 is 33.1 Å². The van der Waals surface area contributed by atoms with Gasteiger partial charge in [-0.05, 0) is 42.2 Å². The fourth-order valence-corrected chi connectivity index (χ4v) is 4.26. The van der Waals surface area contributed by atoms with E-state index in [2.05, 4.69) is 40.4 Å². The summed E-state index contributed by atoms with van der Waals surface area (Å²) >= 11 is 3.48. The van der Waals surface area contributed by atoms with E-state index in [-0.39, 0.29) is 16.9 Å². The molecule has 1 atom stereocenters. The third-order valence-corrected chi connectivity index (χ3v) is 5.51. The molecule has 2 aromatic rings. The minimum Gasteiger partial charge on any atom is -0.508 e. The summed E-state index contributed by atoms with van der Waals surface area (Å²) in [5.41, 5.74) is 4.12. The Morgan fingerprint density at radius 2 is 1.85 bits per heavy atom. The number of rotatable bonds is 1. The Bertz CT molecular complexity index is 933. The molecule has 134 valence electrons. The van der Waals surface area contributed by atoms with Crippen molar-refractivity contribution in [3.63, 3.8) is 0 Å². The zero-order chi connectivity index (χ0) is 18.5. The lowest BCUT2D eigenvalue weighted by Crippen LogP contribution is -2.31. The Hall–Kier alpha value is -2.27. The summed E-state index contributed by atoms with van der Waals surface area (Å²) in [6, 6.07) is 12.8. The maximum Gasteiger partial charge on any atom is 0.163 e. The van der Waals surface area contributed by atoms with Crippen LogP contribution >= 0.6 is 15.9 Å². The van der Waals surface area contributed by atoms with Crippen molar-refractivity contribution in [2.24, 2.45) is 5.41 Å². The molecule has 0 fully saturated rings. The molecule has 0 bridgehead atoms. The number of halogens is 1. The predicted molar refractivity (Wildman–Crippen MR) is 107 cm³/mol. The largest absolute Gasteiger partial charge is 0.508 e. The van der Waals surface area contributed by atoms with Crippen LogP contribution in [0.25, 0.3) is 0 Å². The van der Waals surface area contributed by atoms with Crippen molar-refractivity contribution in [3.8, 4) is 5.75 Å². The second-order valence-corrected chi connectivity index (χ2v) is 8.70. The lowest BCUT2D eigenvalue weighted by Gasteiger charge is -2.34. The van der Waals surface area contributed by atoms with E-state index in [9.17, 15) is 9.90 Å². The number of fused-ring (bicyclic) bond motifs is 1. The number of phenolic OH excluding ortho intramolecular Hbond substituents is 1.